The maximum Gasteiger partial charge on any atom is 0.325 e. The van der Waals surface area contributed by atoms with Crippen LogP contribution in [0.3, 0.4) is 0 Å². The van der Waals surface area contributed by atoms with Gasteiger partial charge in [0.1, 0.15) is 6.54 Å². The first-order valence-electron chi connectivity index (χ1n) is 9.62. The molecule has 8 nitrogen and oxygen atoms in total. The Morgan fingerprint density at radius 2 is 1.50 bits per heavy atom. The minimum atomic E-state index is -0.727. The van der Waals surface area contributed by atoms with Crippen molar-refractivity contribution >= 4 is 29.4 Å². The number of rotatable bonds is 9. The highest BCUT2D eigenvalue weighted by atomic mass is 16.5. The third-order valence-corrected chi connectivity index (χ3v) is 4.26. The third-order valence-electron chi connectivity index (χ3n) is 4.26. The Morgan fingerprint density at radius 1 is 0.867 bits per heavy atom. The molecule has 3 amide bonds. The van der Waals surface area contributed by atoms with E-state index in [-0.39, 0.29) is 12.5 Å². The zero-order valence-electron chi connectivity index (χ0n) is 17.0. The molecule has 0 aliphatic carbocycles. The number of benzene rings is 2. The Labute approximate surface area is 175 Å². The summed E-state index contributed by atoms with van der Waals surface area (Å²) in [6.07, 6.45) is 0. The standard InChI is InChI=1S/C22H25N3O5/c1-3-25(4-2)22(29)17-10-12-18(13-11-17)24-19(26)15-30-20(27)14-23-21(28)16-8-6-5-7-9-16/h5-13H,3-4,14-15H2,1-2H3,(H,23,28)(H,24,26). The molecule has 2 aromatic carbocycles. The average Bonchev–Trinajstić information content (AvgIpc) is 2.78. The van der Waals surface area contributed by atoms with E-state index in [1.165, 1.54) is 0 Å². The van der Waals surface area contributed by atoms with Gasteiger partial charge in [0.25, 0.3) is 17.7 Å². The number of nitrogens with one attached hydrogen (secondary N) is 2. The summed E-state index contributed by atoms with van der Waals surface area (Å²) in [4.78, 5) is 49.5. The Morgan fingerprint density at radius 3 is 2.10 bits per heavy atom. The smallest absolute Gasteiger partial charge is 0.325 e. The first kappa shape index (κ1) is 22.6. The van der Waals surface area contributed by atoms with Crippen molar-refractivity contribution in [3.63, 3.8) is 0 Å². The quantitative estimate of drug-likeness (QED) is 0.615. The van der Waals surface area contributed by atoms with E-state index in [9.17, 15) is 19.2 Å². The summed E-state index contributed by atoms with van der Waals surface area (Å²) in [6, 6.07) is 14.9. The number of esters is 1. The van der Waals surface area contributed by atoms with Crippen LogP contribution in [-0.2, 0) is 14.3 Å². The Balaban J connectivity index is 1.75. The predicted octanol–water partition coefficient (Wildman–Crippen LogP) is 2.08. The van der Waals surface area contributed by atoms with Crippen molar-refractivity contribution in [2.75, 3.05) is 31.6 Å². The number of carbonyl (C=O) groups excluding carboxylic acids is 4. The number of hydrogen-bond acceptors (Lipinski definition) is 5. The molecule has 2 rings (SSSR count). The van der Waals surface area contributed by atoms with Crippen molar-refractivity contribution < 1.29 is 23.9 Å². The van der Waals surface area contributed by atoms with Gasteiger partial charge in [-0.1, -0.05) is 18.2 Å². The molecule has 2 N–H and O–H groups in total. The second kappa shape index (κ2) is 11.4. The number of ether oxygens (including phenoxy) is 1. The Kier molecular flexibility index (Phi) is 8.56. The average molecular weight is 411 g/mol. The van der Waals surface area contributed by atoms with Crippen molar-refractivity contribution in [1.29, 1.82) is 0 Å². The van der Waals surface area contributed by atoms with Crippen LogP contribution in [-0.4, -0.2) is 54.8 Å². The molecule has 0 radical (unpaired) electrons. The molecule has 0 saturated carbocycles. The van der Waals surface area contributed by atoms with Crippen LogP contribution in [0.25, 0.3) is 0 Å². The SMILES string of the molecule is CCN(CC)C(=O)c1ccc(NC(=O)COC(=O)CNC(=O)c2ccccc2)cc1. The fourth-order valence-electron chi connectivity index (χ4n) is 2.63. The Bertz CT molecular complexity index is 877. The van der Waals surface area contributed by atoms with Crippen molar-refractivity contribution in [3.8, 4) is 0 Å². The van der Waals surface area contributed by atoms with Crippen LogP contribution in [0.2, 0.25) is 0 Å². The van der Waals surface area contributed by atoms with E-state index in [1.54, 1.807) is 59.5 Å². The van der Waals surface area contributed by atoms with E-state index < -0.39 is 24.4 Å². The van der Waals surface area contributed by atoms with Gasteiger partial charge in [-0.15, -0.1) is 0 Å². The van der Waals surface area contributed by atoms with Crippen molar-refractivity contribution in [1.82, 2.24) is 10.2 Å². The van der Waals surface area contributed by atoms with Gasteiger partial charge < -0.3 is 20.3 Å². The van der Waals surface area contributed by atoms with E-state index in [1.807, 2.05) is 13.8 Å². The van der Waals surface area contributed by atoms with Crippen LogP contribution in [0.5, 0.6) is 0 Å². The second-order valence-electron chi connectivity index (χ2n) is 6.31. The maximum absolute atomic E-state index is 12.3. The highest BCUT2D eigenvalue weighted by Gasteiger charge is 2.13. The van der Waals surface area contributed by atoms with Crippen molar-refractivity contribution in [3.05, 3.63) is 65.7 Å². The topological polar surface area (TPSA) is 105 Å². The molecule has 2 aromatic rings. The molecule has 8 heteroatoms. The third kappa shape index (κ3) is 6.73. The van der Waals surface area contributed by atoms with Crippen LogP contribution in [0.4, 0.5) is 5.69 Å². The zero-order chi connectivity index (χ0) is 21.9. The summed E-state index contributed by atoms with van der Waals surface area (Å²) in [5, 5.41) is 5.01. The Hall–Kier alpha value is -3.68. The number of hydrogen-bond donors (Lipinski definition) is 2. The maximum atomic E-state index is 12.3. The van der Waals surface area contributed by atoms with Crippen LogP contribution >= 0.6 is 0 Å². The minimum absolute atomic E-state index is 0.0793. The molecule has 0 heterocycles. The van der Waals surface area contributed by atoms with Gasteiger partial charge in [0, 0.05) is 29.9 Å². The normalized spacial score (nSPS) is 10.1. The summed E-state index contributed by atoms with van der Waals surface area (Å²) in [6.45, 7) is 4.22. The van der Waals surface area contributed by atoms with Crippen molar-refractivity contribution in [2.45, 2.75) is 13.8 Å². The molecule has 0 spiro atoms. The van der Waals surface area contributed by atoms with Crippen molar-refractivity contribution in [2.24, 2.45) is 0 Å². The van der Waals surface area contributed by atoms with E-state index in [2.05, 4.69) is 10.6 Å². The first-order valence-corrected chi connectivity index (χ1v) is 9.62. The zero-order valence-corrected chi connectivity index (χ0v) is 17.0. The van der Waals surface area contributed by atoms with E-state index >= 15 is 0 Å². The molecule has 0 saturated heterocycles. The highest BCUT2D eigenvalue weighted by Crippen LogP contribution is 2.11. The molecule has 30 heavy (non-hydrogen) atoms. The molecule has 0 atom stereocenters. The van der Waals surface area contributed by atoms with Gasteiger partial charge in [-0.05, 0) is 50.2 Å². The minimum Gasteiger partial charge on any atom is -0.454 e. The monoisotopic (exact) mass is 411 g/mol. The lowest BCUT2D eigenvalue weighted by Crippen LogP contribution is -2.32. The lowest BCUT2D eigenvalue weighted by molar-refractivity contribution is -0.146. The van der Waals surface area contributed by atoms with E-state index in [0.29, 0.717) is 29.9 Å². The van der Waals surface area contributed by atoms with Gasteiger partial charge >= 0.3 is 5.97 Å². The van der Waals surface area contributed by atoms with Gasteiger partial charge in [0.05, 0.1) is 0 Å². The second-order valence-corrected chi connectivity index (χ2v) is 6.31. The molecule has 0 unspecified atom stereocenters. The fourth-order valence-corrected chi connectivity index (χ4v) is 2.63. The fraction of sp³-hybridized carbons (Fsp3) is 0.273. The summed E-state index contributed by atoms with van der Waals surface area (Å²) >= 11 is 0. The van der Waals surface area contributed by atoms with Gasteiger partial charge in [-0.3, -0.25) is 19.2 Å². The lowest BCUT2D eigenvalue weighted by atomic mass is 10.2. The molecule has 0 bridgehead atoms. The van der Waals surface area contributed by atoms with Gasteiger partial charge in [-0.2, -0.15) is 0 Å². The number of amides is 3. The molecular formula is C22H25N3O5. The number of nitrogens with zero attached hydrogens (tertiary/aromatic N) is 1. The van der Waals surface area contributed by atoms with Crippen LogP contribution < -0.4 is 10.6 Å². The predicted molar refractivity (Wildman–Crippen MR) is 112 cm³/mol. The van der Waals surface area contributed by atoms with E-state index in [0.717, 1.165) is 0 Å². The molecule has 0 aliphatic rings. The van der Waals surface area contributed by atoms with Crippen LogP contribution in [0.15, 0.2) is 54.6 Å². The summed E-state index contributed by atoms with van der Waals surface area (Å²) < 4.78 is 4.86. The summed E-state index contributed by atoms with van der Waals surface area (Å²) in [5.41, 5.74) is 1.42. The van der Waals surface area contributed by atoms with Gasteiger partial charge in [0.15, 0.2) is 6.61 Å². The molecular weight excluding hydrogens is 386 g/mol. The summed E-state index contributed by atoms with van der Waals surface area (Å²) in [5.74, 6) is -1.74. The molecule has 0 fully saturated rings. The molecule has 158 valence electrons. The number of carbonyl (C=O) groups is 4. The molecule has 0 aliphatic heterocycles. The largest absolute Gasteiger partial charge is 0.454 e. The first-order chi connectivity index (χ1) is 14.4. The van der Waals surface area contributed by atoms with Crippen LogP contribution in [0.1, 0.15) is 34.6 Å². The van der Waals surface area contributed by atoms with E-state index in [4.69, 9.17) is 4.74 Å². The lowest BCUT2D eigenvalue weighted by Gasteiger charge is -2.18. The summed E-state index contributed by atoms with van der Waals surface area (Å²) in [7, 11) is 0. The van der Waals surface area contributed by atoms with Gasteiger partial charge in [-0.25, -0.2) is 0 Å². The van der Waals surface area contributed by atoms with Gasteiger partial charge in [0.2, 0.25) is 0 Å². The highest BCUT2D eigenvalue weighted by molar-refractivity contribution is 5.97. The molecule has 0 aromatic heterocycles. The van der Waals surface area contributed by atoms with Crippen LogP contribution in [0, 0.1) is 0 Å². The number of anilines is 1.